The highest BCUT2D eigenvalue weighted by atomic mass is 32.1. The molecule has 2 N–H and O–H groups in total. The molecule has 28 heavy (non-hydrogen) atoms. The maximum atomic E-state index is 12.2. The minimum atomic E-state index is -0.798. The Bertz CT molecular complexity index is 937. The second-order valence-corrected chi connectivity index (χ2v) is 6.41. The van der Waals surface area contributed by atoms with Crippen molar-refractivity contribution in [2.45, 2.75) is 13.0 Å². The molecule has 1 aromatic heterocycles. The topological polar surface area (TPSA) is 148 Å². The number of ether oxygens (including phenoxy) is 3. The van der Waals surface area contributed by atoms with Gasteiger partial charge < -0.3 is 19.9 Å². The normalized spacial score (nSPS) is 10.2. The van der Waals surface area contributed by atoms with Crippen molar-refractivity contribution in [3.05, 3.63) is 55.9 Å². The molecule has 1 heterocycles. The van der Waals surface area contributed by atoms with E-state index >= 15 is 0 Å². The van der Waals surface area contributed by atoms with Gasteiger partial charge in [-0.1, -0.05) is 18.2 Å². The third-order valence-electron chi connectivity index (χ3n) is 3.70. The van der Waals surface area contributed by atoms with Gasteiger partial charge in [0.15, 0.2) is 0 Å². The molecule has 0 saturated carbocycles. The molecule has 0 unspecified atom stereocenters. The maximum absolute atomic E-state index is 12.2. The molecule has 2 rings (SSSR count). The van der Waals surface area contributed by atoms with Gasteiger partial charge >= 0.3 is 17.9 Å². The van der Waals surface area contributed by atoms with Crippen molar-refractivity contribution in [3.8, 4) is 0 Å². The summed E-state index contributed by atoms with van der Waals surface area (Å²) in [5, 5.41) is 11.0. The van der Waals surface area contributed by atoms with Crippen molar-refractivity contribution >= 4 is 39.9 Å². The number of anilines is 1. The van der Waals surface area contributed by atoms with Crippen LogP contribution in [0.25, 0.3) is 0 Å². The van der Waals surface area contributed by atoms with Crippen LogP contribution in [0.1, 0.15) is 31.2 Å². The molecule has 2 aromatic rings. The summed E-state index contributed by atoms with van der Waals surface area (Å²) in [6.07, 6.45) is -0.363. The Morgan fingerprint density at radius 3 is 2.39 bits per heavy atom. The fourth-order valence-electron chi connectivity index (χ4n) is 2.40. The lowest BCUT2D eigenvalue weighted by atomic mass is 10.1. The highest BCUT2D eigenvalue weighted by molar-refractivity contribution is 7.18. The summed E-state index contributed by atoms with van der Waals surface area (Å²) in [7, 11) is 2.29. The van der Waals surface area contributed by atoms with Gasteiger partial charge in [0.25, 0.3) is 5.69 Å². The van der Waals surface area contributed by atoms with Crippen LogP contribution in [0.4, 0.5) is 10.7 Å². The first-order chi connectivity index (χ1) is 13.3. The van der Waals surface area contributed by atoms with Crippen LogP contribution in [0.3, 0.4) is 0 Å². The number of carbonyl (C=O) groups excluding carboxylic acids is 3. The molecule has 10 nitrogen and oxygen atoms in total. The number of nitro groups is 1. The number of carbonyl (C=O) groups is 3. The third kappa shape index (κ3) is 4.43. The molecule has 0 aliphatic carbocycles. The van der Waals surface area contributed by atoms with E-state index in [4.69, 9.17) is 10.5 Å². The Morgan fingerprint density at radius 2 is 1.79 bits per heavy atom. The van der Waals surface area contributed by atoms with Crippen LogP contribution in [0.2, 0.25) is 0 Å². The standard InChI is InChI=1S/C17H16N2O8S/c1-25-16(21)13-10(14(17(22)26-2)28-15(13)18)8-27-12(20)7-9-5-3-4-6-11(9)19(23)24/h3-6H,7-8,18H2,1-2H3. The van der Waals surface area contributed by atoms with Crippen molar-refractivity contribution in [3.63, 3.8) is 0 Å². The predicted molar refractivity (Wildman–Crippen MR) is 98.0 cm³/mol. The first-order valence-electron chi connectivity index (χ1n) is 7.75. The molecule has 0 saturated heterocycles. The molecule has 0 amide bonds. The van der Waals surface area contributed by atoms with E-state index in [-0.39, 0.29) is 38.7 Å². The second-order valence-electron chi connectivity index (χ2n) is 5.36. The zero-order valence-electron chi connectivity index (χ0n) is 14.9. The molecule has 148 valence electrons. The summed E-state index contributed by atoms with van der Waals surface area (Å²) in [6, 6.07) is 5.74. The summed E-state index contributed by atoms with van der Waals surface area (Å²) in [6.45, 7) is -0.456. The van der Waals surface area contributed by atoms with Gasteiger partial charge in [0.05, 0.1) is 25.6 Å². The van der Waals surface area contributed by atoms with Crippen LogP contribution >= 0.6 is 11.3 Å². The number of hydrogen-bond acceptors (Lipinski definition) is 10. The maximum Gasteiger partial charge on any atom is 0.348 e. The second kappa shape index (κ2) is 8.95. The summed E-state index contributed by atoms with van der Waals surface area (Å²) >= 11 is 0.801. The van der Waals surface area contributed by atoms with Gasteiger partial charge in [-0.25, -0.2) is 9.59 Å². The van der Waals surface area contributed by atoms with Crippen molar-refractivity contribution in [1.29, 1.82) is 0 Å². The van der Waals surface area contributed by atoms with Crippen molar-refractivity contribution in [2.75, 3.05) is 20.0 Å². The van der Waals surface area contributed by atoms with Crippen LogP contribution in [-0.4, -0.2) is 37.1 Å². The van der Waals surface area contributed by atoms with Crippen LogP contribution in [0.5, 0.6) is 0 Å². The van der Waals surface area contributed by atoms with Gasteiger partial charge in [-0.2, -0.15) is 0 Å². The number of rotatable bonds is 7. The van der Waals surface area contributed by atoms with Crippen molar-refractivity contribution in [2.24, 2.45) is 0 Å². The molecule has 0 fully saturated rings. The Balaban J connectivity index is 2.24. The van der Waals surface area contributed by atoms with E-state index in [0.29, 0.717) is 0 Å². The Hall–Kier alpha value is -3.47. The van der Waals surface area contributed by atoms with Crippen LogP contribution < -0.4 is 5.73 Å². The first-order valence-corrected chi connectivity index (χ1v) is 8.57. The van der Waals surface area contributed by atoms with Gasteiger partial charge in [-0.15, -0.1) is 11.3 Å². The fraction of sp³-hybridized carbons (Fsp3) is 0.235. The molecule has 0 aliphatic heterocycles. The summed E-state index contributed by atoms with van der Waals surface area (Å²) in [4.78, 5) is 46.5. The molecule has 1 aromatic carbocycles. The summed E-state index contributed by atoms with van der Waals surface area (Å²) in [5.74, 6) is -2.34. The number of nitro benzene ring substituents is 1. The van der Waals surface area contributed by atoms with E-state index in [2.05, 4.69) is 9.47 Å². The Morgan fingerprint density at radius 1 is 1.14 bits per heavy atom. The van der Waals surface area contributed by atoms with Crippen LogP contribution in [0, 0.1) is 10.1 Å². The molecule has 11 heteroatoms. The van der Waals surface area contributed by atoms with Gasteiger partial charge in [0.2, 0.25) is 0 Å². The largest absolute Gasteiger partial charge is 0.465 e. The summed E-state index contributed by atoms with van der Waals surface area (Å²) in [5.41, 5.74) is 5.70. The summed E-state index contributed by atoms with van der Waals surface area (Å²) < 4.78 is 14.4. The molecule has 0 spiro atoms. The van der Waals surface area contributed by atoms with E-state index < -0.39 is 29.4 Å². The number of nitrogens with two attached hydrogens (primary N) is 1. The SMILES string of the molecule is COC(=O)c1sc(N)c(C(=O)OC)c1COC(=O)Cc1ccccc1[N+](=O)[O-]. The highest BCUT2D eigenvalue weighted by Crippen LogP contribution is 2.33. The number of esters is 3. The number of nitrogens with zero attached hydrogens (tertiary/aromatic N) is 1. The zero-order valence-corrected chi connectivity index (χ0v) is 15.7. The van der Waals surface area contributed by atoms with Crippen LogP contribution in [0.15, 0.2) is 24.3 Å². The highest BCUT2D eigenvalue weighted by Gasteiger charge is 2.28. The minimum Gasteiger partial charge on any atom is -0.465 e. The van der Waals surface area contributed by atoms with E-state index in [0.717, 1.165) is 25.6 Å². The number of nitrogen functional groups attached to an aromatic ring is 1. The smallest absolute Gasteiger partial charge is 0.348 e. The molecular formula is C17H16N2O8S. The molecule has 0 radical (unpaired) electrons. The number of hydrogen-bond donors (Lipinski definition) is 1. The molecule has 0 atom stereocenters. The van der Waals surface area contributed by atoms with Crippen molar-refractivity contribution < 1.29 is 33.5 Å². The lowest BCUT2D eigenvalue weighted by molar-refractivity contribution is -0.385. The number of benzene rings is 1. The van der Waals surface area contributed by atoms with Crippen molar-refractivity contribution in [1.82, 2.24) is 0 Å². The van der Waals surface area contributed by atoms with Gasteiger partial charge in [-0.3, -0.25) is 14.9 Å². The molecule has 0 bridgehead atoms. The average Bonchev–Trinajstić information content (AvgIpc) is 3.01. The fourth-order valence-corrected chi connectivity index (χ4v) is 3.38. The predicted octanol–water partition coefficient (Wildman–Crippen LogP) is 2.10. The number of para-hydroxylation sites is 1. The van der Waals surface area contributed by atoms with Crippen LogP contribution in [-0.2, 0) is 32.0 Å². The number of methoxy groups -OCH3 is 2. The van der Waals surface area contributed by atoms with E-state index in [1.807, 2.05) is 0 Å². The molecular weight excluding hydrogens is 392 g/mol. The zero-order chi connectivity index (χ0) is 20.8. The third-order valence-corrected chi connectivity index (χ3v) is 4.74. The average molecular weight is 408 g/mol. The Kier molecular flexibility index (Phi) is 6.66. The monoisotopic (exact) mass is 408 g/mol. The quantitative estimate of drug-likeness (QED) is 0.314. The van der Waals surface area contributed by atoms with Gasteiger partial charge in [0.1, 0.15) is 22.0 Å². The van der Waals surface area contributed by atoms with Gasteiger partial charge in [-0.05, 0) is 0 Å². The van der Waals surface area contributed by atoms with E-state index in [9.17, 15) is 24.5 Å². The Labute approximate surface area is 163 Å². The minimum absolute atomic E-state index is 0.00103. The van der Waals surface area contributed by atoms with E-state index in [1.165, 1.54) is 18.2 Å². The lowest BCUT2D eigenvalue weighted by Crippen LogP contribution is -2.14. The van der Waals surface area contributed by atoms with E-state index in [1.54, 1.807) is 6.07 Å². The molecule has 0 aliphatic rings. The number of thiophene rings is 1. The first kappa shape index (κ1) is 20.8. The lowest BCUT2D eigenvalue weighted by Gasteiger charge is -2.08. The van der Waals surface area contributed by atoms with Gasteiger partial charge in [0, 0.05) is 17.2 Å².